The molecule has 0 unspecified atom stereocenters. The molecule has 2 nitrogen and oxygen atoms in total. The summed E-state index contributed by atoms with van der Waals surface area (Å²) in [4.78, 5) is 0. The molecule has 1 fully saturated rings. The van der Waals surface area contributed by atoms with Crippen LogP contribution in [-0.2, 0) is 10.2 Å². The van der Waals surface area contributed by atoms with Gasteiger partial charge in [-0.05, 0) is 12.8 Å². The summed E-state index contributed by atoms with van der Waals surface area (Å²) in [5.74, 6) is 0. The molecule has 1 aliphatic rings. The number of rotatable bonds is 1. The van der Waals surface area contributed by atoms with Crippen molar-refractivity contribution in [2.24, 2.45) is 0 Å². The lowest BCUT2D eigenvalue weighted by atomic mass is 10.0. The highest BCUT2D eigenvalue weighted by Crippen LogP contribution is 2.23. The smallest absolute Gasteiger partial charge is 0.195 e. The molecule has 0 amide bonds. The molecule has 0 saturated heterocycles. The second-order valence-corrected chi connectivity index (χ2v) is 5.06. The summed E-state index contributed by atoms with van der Waals surface area (Å²) in [5.41, 5.74) is 0. The quantitative estimate of drug-likeness (QED) is 0.601. The Bertz CT molecular complexity index is 215. The maximum Gasteiger partial charge on any atom is 0.305 e. The standard InChI is InChI=1S/C8H15FO2S/c9-12(10,11)8-6-4-2-1-3-5-7-8/h8H,1-7H2. The van der Waals surface area contributed by atoms with Crippen LogP contribution in [0.25, 0.3) is 0 Å². The van der Waals surface area contributed by atoms with E-state index in [-0.39, 0.29) is 0 Å². The fourth-order valence-corrected chi connectivity index (χ4v) is 2.60. The monoisotopic (exact) mass is 194 g/mol. The van der Waals surface area contributed by atoms with E-state index in [1.54, 1.807) is 0 Å². The van der Waals surface area contributed by atoms with Gasteiger partial charge in [-0.3, -0.25) is 0 Å². The summed E-state index contributed by atoms with van der Waals surface area (Å²) in [7, 11) is -4.27. The summed E-state index contributed by atoms with van der Waals surface area (Å²) >= 11 is 0. The lowest BCUT2D eigenvalue weighted by Gasteiger charge is -2.15. The average molecular weight is 194 g/mol. The van der Waals surface area contributed by atoms with Crippen LogP contribution in [-0.4, -0.2) is 13.7 Å². The number of halogens is 1. The van der Waals surface area contributed by atoms with E-state index in [0.717, 1.165) is 25.7 Å². The second kappa shape index (κ2) is 4.21. The van der Waals surface area contributed by atoms with Crippen molar-refractivity contribution in [3.63, 3.8) is 0 Å². The average Bonchev–Trinajstić information content (AvgIpc) is 1.81. The first-order valence-corrected chi connectivity index (χ1v) is 5.99. The minimum Gasteiger partial charge on any atom is -0.195 e. The van der Waals surface area contributed by atoms with Crippen LogP contribution in [0.4, 0.5) is 3.89 Å². The molecule has 0 spiro atoms. The van der Waals surface area contributed by atoms with Gasteiger partial charge in [-0.15, -0.1) is 3.89 Å². The molecule has 0 aromatic heterocycles. The topological polar surface area (TPSA) is 34.1 Å². The maximum atomic E-state index is 12.6. The van der Waals surface area contributed by atoms with Gasteiger partial charge in [0, 0.05) is 0 Å². The summed E-state index contributed by atoms with van der Waals surface area (Å²) in [5, 5.41) is -0.710. The Hall–Kier alpha value is -0.120. The van der Waals surface area contributed by atoms with Gasteiger partial charge in [0.25, 0.3) is 0 Å². The Balaban J connectivity index is 2.51. The number of hydrogen-bond donors (Lipinski definition) is 0. The van der Waals surface area contributed by atoms with Gasteiger partial charge in [0.2, 0.25) is 0 Å². The molecule has 0 heterocycles. The lowest BCUT2D eigenvalue weighted by Crippen LogP contribution is -2.18. The molecule has 72 valence electrons. The van der Waals surface area contributed by atoms with Gasteiger partial charge in [-0.2, -0.15) is 8.42 Å². The van der Waals surface area contributed by atoms with Crippen molar-refractivity contribution in [1.29, 1.82) is 0 Å². The highest BCUT2D eigenvalue weighted by molar-refractivity contribution is 7.87. The van der Waals surface area contributed by atoms with Gasteiger partial charge in [0.1, 0.15) is 0 Å². The molecular formula is C8H15FO2S. The minimum absolute atomic E-state index is 0.513. The van der Waals surface area contributed by atoms with E-state index in [1.165, 1.54) is 6.42 Å². The molecule has 0 N–H and O–H groups in total. The molecule has 0 aromatic rings. The predicted octanol–water partition coefficient (Wildman–Crippen LogP) is 2.40. The zero-order valence-corrected chi connectivity index (χ0v) is 7.95. The second-order valence-electron chi connectivity index (χ2n) is 3.44. The van der Waals surface area contributed by atoms with E-state index in [4.69, 9.17) is 0 Å². The first-order valence-electron chi connectivity index (χ1n) is 4.54. The van der Waals surface area contributed by atoms with Gasteiger partial charge in [0.05, 0.1) is 5.25 Å². The Labute approximate surface area is 73.4 Å². The molecule has 4 heteroatoms. The molecule has 0 aromatic carbocycles. The first kappa shape index (κ1) is 9.96. The molecule has 0 atom stereocenters. The van der Waals surface area contributed by atoms with Crippen molar-refractivity contribution >= 4 is 10.2 Å². The maximum absolute atomic E-state index is 12.6. The van der Waals surface area contributed by atoms with E-state index in [2.05, 4.69) is 0 Å². The van der Waals surface area contributed by atoms with E-state index < -0.39 is 15.5 Å². The summed E-state index contributed by atoms with van der Waals surface area (Å²) < 4.78 is 33.7. The third-order valence-corrected chi connectivity index (χ3v) is 3.72. The van der Waals surface area contributed by atoms with Crippen LogP contribution in [0.3, 0.4) is 0 Å². The highest BCUT2D eigenvalue weighted by Gasteiger charge is 2.24. The zero-order valence-electron chi connectivity index (χ0n) is 7.13. The van der Waals surface area contributed by atoms with E-state index >= 15 is 0 Å². The molecule has 12 heavy (non-hydrogen) atoms. The fourth-order valence-electron chi connectivity index (χ4n) is 1.70. The molecule has 0 bridgehead atoms. The Morgan fingerprint density at radius 2 is 1.33 bits per heavy atom. The Morgan fingerprint density at radius 1 is 0.917 bits per heavy atom. The minimum atomic E-state index is -4.27. The van der Waals surface area contributed by atoms with Crippen LogP contribution in [0.1, 0.15) is 44.9 Å². The summed E-state index contributed by atoms with van der Waals surface area (Å²) in [6.07, 6.45) is 6.00. The Kier molecular flexibility index (Phi) is 3.50. The fraction of sp³-hybridized carbons (Fsp3) is 1.00. The van der Waals surface area contributed by atoms with E-state index in [0.29, 0.717) is 12.8 Å². The van der Waals surface area contributed by atoms with Crippen LogP contribution in [0, 0.1) is 0 Å². The number of hydrogen-bond acceptors (Lipinski definition) is 2. The predicted molar refractivity (Wildman–Crippen MR) is 46.1 cm³/mol. The van der Waals surface area contributed by atoms with Crippen LogP contribution < -0.4 is 0 Å². The van der Waals surface area contributed by atoms with Crippen molar-refractivity contribution in [2.75, 3.05) is 0 Å². The Morgan fingerprint density at radius 3 is 1.75 bits per heavy atom. The zero-order chi connectivity index (χ0) is 9.03. The summed E-state index contributed by atoms with van der Waals surface area (Å²) in [6, 6.07) is 0. The van der Waals surface area contributed by atoms with Gasteiger partial charge < -0.3 is 0 Å². The third-order valence-electron chi connectivity index (χ3n) is 2.45. The van der Waals surface area contributed by atoms with E-state index in [1.807, 2.05) is 0 Å². The molecule has 1 saturated carbocycles. The van der Waals surface area contributed by atoms with Crippen LogP contribution in [0.15, 0.2) is 0 Å². The van der Waals surface area contributed by atoms with Crippen LogP contribution in [0.2, 0.25) is 0 Å². The normalized spacial score (nSPS) is 23.1. The van der Waals surface area contributed by atoms with Crippen LogP contribution in [0.5, 0.6) is 0 Å². The van der Waals surface area contributed by atoms with Gasteiger partial charge >= 0.3 is 10.2 Å². The van der Waals surface area contributed by atoms with Crippen molar-refractivity contribution in [3.05, 3.63) is 0 Å². The molecule has 0 radical (unpaired) electrons. The molecular weight excluding hydrogens is 179 g/mol. The SMILES string of the molecule is O=S(=O)(F)C1CCCCCCC1. The van der Waals surface area contributed by atoms with Crippen molar-refractivity contribution in [2.45, 2.75) is 50.2 Å². The van der Waals surface area contributed by atoms with Crippen molar-refractivity contribution in [3.8, 4) is 0 Å². The van der Waals surface area contributed by atoms with E-state index in [9.17, 15) is 12.3 Å². The molecule has 1 aliphatic carbocycles. The lowest BCUT2D eigenvalue weighted by molar-refractivity contribution is 0.468. The van der Waals surface area contributed by atoms with Gasteiger partial charge in [-0.1, -0.05) is 32.1 Å². The first-order chi connectivity index (χ1) is 5.61. The molecule has 1 rings (SSSR count). The van der Waals surface area contributed by atoms with Gasteiger partial charge in [0.15, 0.2) is 0 Å². The highest BCUT2D eigenvalue weighted by atomic mass is 32.3. The van der Waals surface area contributed by atoms with Crippen LogP contribution >= 0.6 is 0 Å². The molecule has 0 aliphatic heterocycles. The summed E-state index contributed by atoms with van der Waals surface area (Å²) in [6.45, 7) is 0. The van der Waals surface area contributed by atoms with Crippen molar-refractivity contribution < 1.29 is 12.3 Å². The van der Waals surface area contributed by atoms with Gasteiger partial charge in [-0.25, -0.2) is 0 Å². The largest absolute Gasteiger partial charge is 0.305 e. The van der Waals surface area contributed by atoms with Crippen molar-refractivity contribution in [1.82, 2.24) is 0 Å². The third kappa shape index (κ3) is 3.09.